The van der Waals surface area contributed by atoms with Crippen LogP contribution < -0.4 is 0 Å². The number of imidazole rings is 1. The van der Waals surface area contributed by atoms with Crippen molar-refractivity contribution in [3.8, 4) is 6.07 Å². The largest absolute Gasteiger partial charge is 0.322 e. The van der Waals surface area contributed by atoms with E-state index < -0.39 is 0 Å². The average Bonchev–Trinajstić information content (AvgIpc) is 2.55. The topological polar surface area (TPSA) is 41.6 Å². The highest BCUT2D eigenvalue weighted by atomic mass is 79.9. The lowest BCUT2D eigenvalue weighted by Gasteiger charge is -2.20. The van der Waals surface area contributed by atoms with Crippen LogP contribution in [0.4, 0.5) is 0 Å². The van der Waals surface area contributed by atoms with Gasteiger partial charge in [0.25, 0.3) is 0 Å². The first-order chi connectivity index (χ1) is 7.24. The Kier molecular flexibility index (Phi) is 3.11. The number of aromatic nitrogens is 2. The minimum Gasteiger partial charge on any atom is -0.322 e. The summed E-state index contributed by atoms with van der Waals surface area (Å²) in [6.07, 6.45) is 6.34. The molecule has 0 bridgehead atoms. The van der Waals surface area contributed by atoms with Gasteiger partial charge >= 0.3 is 0 Å². The minimum atomic E-state index is 0.544. The Labute approximate surface area is 98.2 Å². The van der Waals surface area contributed by atoms with Crippen LogP contribution in [0.3, 0.4) is 0 Å². The summed E-state index contributed by atoms with van der Waals surface area (Å²) >= 11 is 3.34. The monoisotopic (exact) mass is 267 g/mol. The van der Waals surface area contributed by atoms with E-state index in [2.05, 4.69) is 27.0 Å². The van der Waals surface area contributed by atoms with Crippen LogP contribution in [-0.4, -0.2) is 9.55 Å². The molecular formula is C11H14BrN3. The van der Waals surface area contributed by atoms with E-state index in [1.54, 1.807) is 0 Å². The lowest BCUT2D eigenvalue weighted by Crippen LogP contribution is -2.10. The highest BCUT2D eigenvalue weighted by Gasteiger charge is 2.22. The fraction of sp³-hybridized carbons (Fsp3) is 0.636. The molecule has 1 aromatic rings. The molecule has 1 saturated carbocycles. The zero-order valence-electron chi connectivity index (χ0n) is 8.83. The molecular weight excluding hydrogens is 254 g/mol. The first-order valence-corrected chi connectivity index (χ1v) is 6.15. The number of rotatable bonds is 1. The minimum absolute atomic E-state index is 0.544. The van der Waals surface area contributed by atoms with Crippen molar-refractivity contribution in [2.45, 2.75) is 38.0 Å². The molecule has 0 atom stereocenters. The third kappa shape index (κ3) is 1.93. The van der Waals surface area contributed by atoms with Crippen LogP contribution in [0.15, 0.2) is 4.60 Å². The third-order valence-corrected chi connectivity index (χ3v) is 3.72. The van der Waals surface area contributed by atoms with E-state index in [1.165, 1.54) is 32.1 Å². The van der Waals surface area contributed by atoms with Crippen molar-refractivity contribution in [1.29, 1.82) is 5.26 Å². The lowest BCUT2D eigenvalue weighted by molar-refractivity contribution is 0.421. The van der Waals surface area contributed by atoms with Gasteiger partial charge in [0.1, 0.15) is 16.5 Å². The van der Waals surface area contributed by atoms with Gasteiger partial charge in [-0.2, -0.15) is 5.26 Å². The molecule has 1 aliphatic carbocycles. The van der Waals surface area contributed by atoms with Gasteiger partial charge in [-0.05, 0) is 28.8 Å². The molecule has 0 spiro atoms. The summed E-state index contributed by atoms with van der Waals surface area (Å²) < 4.78 is 2.62. The van der Waals surface area contributed by atoms with Crippen LogP contribution in [0.5, 0.6) is 0 Å². The Morgan fingerprint density at radius 2 is 2.07 bits per heavy atom. The van der Waals surface area contributed by atoms with Crippen molar-refractivity contribution in [2.24, 2.45) is 7.05 Å². The van der Waals surface area contributed by atoms with Crippen molar-refractivity contribution >= 4 is 15.9 Å². The molecule has 0 aromatic carbocycles. The molecule has 0 radical (unpaired) electrons. The summed E-state index contributed by atoms with van der Waals surface area (Å²) in [5.41, 5.74) is 0.635. The molecule has 1 aromatic heterocycles. The molecule has 2 rings (SSSR count). The zero-order valence-corrected chi connectivity index (χ0v) is 10.4. The van der Waals surface area contributed by atoms with Crippen molar-refractivity contribution in [1.82, 2.24) is 9.55 Å². The highest BCUT2D eigenvalue weighted by Crippen LogP contribution is 2.33. The number of nitriles is 1. The first-order valence-electron chi connectivity index (χ1n) is 5.36. The average molecular weight is 268 g/mol. The van der Waals surface area contributed by atoms with E-state index in [0.29, 0.717) is 16.2 Å². The van der Waals surface area contributed by atoms with Crippen molar-refractivity contribution < 1.29 is 0 Å². The van der Waals surface area contributed by atoms with Crippen LogP contribution in [0.25, 0.3) is 0 Å². The van der Waals surface area contributed by atoms with Crippen LogP contribution >= 0.6 is 15.9 Å². The molecule has 1 heterocycles. The van der Waals surface area contributed by atoms with Gasteiger partial charge in [0, 0.05) is 13.0 Å². The summed E-state index contributed by atoms with van der Waals surface area (Å²) in [6, 6.07) is 2.18. The van der Waals surface area contributed by atoms with Crippen molar-refractivity contribution in [3.63, 3.8) is 0 Å². The predicted molar refractivity (Wildman–Crippen MR) is 61.4 cm³/mol. The summed E-state index contributed by atoms with van der Waals surface area (Å²) in [7, 11) is 1.93. The molecule has 0 N–H and O–H groups in total. The molecule has 0 unspecified atom stereocenters. The number of hydrogen-bond donors (Lipinski definition) is 0. The summed E-state index contributed by atoms with van der Waals surface area (Å²) in [6.45, 7) is 0. The highest BCUT2D eigenvalue weighted by molar-refractivity contribution is 9.10. The standard InChI is InChI=1S/C11H14BrN3/c1-15-9(7-13)10(12)14-11(15)8-5-3-2-4-6-8/h8H,2-6H2,1H3. The molecule has 0 aliphatic heterocycles. The Balaban J connectivity index is 2.32. The fourth-order valence-corrected chi connectivity index (χ4v) is 2.86. The molecule has 1 aliphatic rings. The predicted octanol–water partition coefficient (Wildman–Crippen LogP) is 3.10. The quantitative estimate of drug-likeness (QED) is 0.785. The van der Waals surface area contributed by atoms with E-state index in [0.717, 1.165) is 5.82 Å². The fourth-order valence-electron chi connectivity index (χ4n) is 2.33. The van der Waals surface area contributed by atoms with Gasteiger partial charge in [-0.3, -0.25) is 0 Å². The Morgan fingerprint density at radius 3 is 2.60 bits per heavy atom. The van der Waals surface area contributed by atoms with Crippen molar-refractivity contribution in [3.05, 3.63) is 16.1 Å². The maximum absolute atomic E-state index is 8.97. The SMILES string of the molecule is Cn1c(C2CCCCC2)nc(Br)c1C#N. The number of nitrogens with zero attached hydrogens (tertiary/aromatic N) is 3. The Bertz CT molecular complexity index is 397. The van der Waals surface area contributed by atoms with Gasteiger partial charge in [0.2, 0.25) is 0 Å². The van der Waals surface area contributed by atoms with Crippen molar-refractivity contribution in [2.75, 3.05) is 0 Å². The van der Waals surface area contributed by atoms with E-state index in [1.807, 2.05) is 11.6 Å². The third-order valence-electron chi connectivity index (χ3n) is 3.16. The van der Waals surface area contributed by atoms with Gasteiger partial charge in [-0.15, -0.1) is 0 Å². The van der Waals surface area contributed by atoms with Gasteiger partial charge in [0.05, 0.1) is 0 Å². The van der Waals surface area contributed by atoms with E-state index in [4.69, 9.17) is 5.26 Å². The van der Waals surface area contributed by atoms with Crippen LogP contribution in [0, 0.1) is 11.3 Å². The smallest absolute Gasteiger partial charge is 0.154 e. The van der Waals surface area contributed by atoms with Gasteiger partial charge in [-0.1, -0.05) is 19.3 Å². The number of halogens is 1. The molecule has 15 heavy (non-hydrogen) atoms. The van der Waals surface area contributed by atoms with E-state index >= 15 is 0 Å². The van der Waals surface area contributed by atoms with Gasteiger partial charge in [0.15, 0.2) is 5.69 Å². The van der Waals surface area contributed by atoms with Gasteiger partial charge in [-0.25, -0.2) is 4.98 Å². The normalized spacial score (nSPS) is 17.7. The van der Waals surface area contributed by atoms with Crippen LogP contribution in [-0.2, 0) is 7.05 Å². The van der Waals surface area contributed by atoms with E-state index in [-0.39, 0.29) is 0 Å². The molecule has 0 saturated heterocycles. The maximum Gasteiger partial charge on any atom is 0.154 e. The second kappa shape index (κ2) is 4.36. The van der Waals surface area contributed by atoms with Crippen LogP contribution in [0.2, 0.25) is 0 Å². The molecule has 80 valence electrons. The summed E-state index contributed by atoms with van der Waals surface area (Å²) in [5.74, 6) is 1.61. The summed E-state index contributed by atoms with van der Waals surface area (Å²) in [5, 5.41) is 8.97. The maximum atomic E-state index is 8.97. The first kappa shape index (κ1) is 10.7. The molecule has 3 nitrogen and oxygen atoms in total. The second-order valence-corrected chi connectivity index (χ2v) is 4.87. The molecule has 4 heteroatoms. The van der Waals surface area contributed by atoms with Gasteiger partial charge < -0.3 is 4.57 Å². The van der Waals surface area contributed by atoms with E-state index in [9.17, 15) is 0 Å². The Morgan fingerprint density at radius 1 is 1.40 bits per heavy atom. The second-order valence-electron chi connectivity index (χ2n) is 4.12. The molecule has 1 fully saturated rings. The lowest BCUT2D eigenvalue weighted by atomic mass is 9.89. The molecule has 0 amide bonds. The Hall–Kier alpha value is -0.820. The number of hydrogen-bond acceptors (Lipinski definition) is 2. The zero-order chi connectivity index (χ0) is 10.8. The van der Waals surface area contributed by atoms with Crippen LogP contribution in [0.1, 0.15) is 49.5 Å². The summed E-state index contributed by atoms with van der Waals surface area (Å²) in [4.78, 5) is 4.46.